The first-order valence-electron chi connectivity index (χ1n) is 4.79. The maximum Gasteiger partial charge on any atom is 0.166 e. The van der Waals surface area contributed by atoms with E-state index in [-0.39, 0.29) is 6.61 Å². The summed E-state index contributed by atoms with van der Waals surface area (Å²) in [5.41, 5.74) is 0.885. The summed E-state index contributed by atoms with van der Waals surface area (Å²) in [4.78, 5) is 6.99. The van der Waals surface area contributed by atoms with Gasteiger partial charge in [-0.25, -0.2) is 13.8 Å². The van der Waals surface area contributed by atoms with Gasteiger partial charge in [0.2, 0.25) is 0 Å². The Bertz CT molecular complexity index is 462. The molecule has 0 aliphatic rings. The number of aliphatic hydroxyl groups excluding tert-OH is 1. The predicted octanol–water partition coefficient (Wildman–Crippen LogP) is 2.32. The lowest BCUT2D eigenvalue weighted by molar-refractivity contribution is 0.296. The van der Waals surface area contributed by atoms with Crippen LogP contribution in [-0.4, -0.2) is 27.4 Å². The van der Waals surface area contributed by atoms with Gasteiger partial charge in [0, 0.05) is 24.5 Å². The van der Waals surface area contributed by atoms with Crippen LogP contribution in [0.15, 0.2) is 17.3 Å². The lowest BCUT2D eigenvalue weighted by Gasteiger charge is -1.93. The van der Waals surface area contributed by atoms with Gasteiger partial charge >= 0.3 is 0 Å². The molecule has 1 aromatic carbocycles. The first kappa shape index (κ1) is 11.3. The zero-order valence-electron chi connectivity index (χ0n) is 8.33. The molecule has 3 nitrogen and oxygen atoms in total. The number of H-pyrrole nitrogens is 1. The number of fused-ring (bicyclic) bond motifs is 1. The molecular formula is C10H10F2N2OS. The van der Waals surface area contributed by atoms with Gasteiger partial charge in [-0.05, 0) is 6.42 Å². The van der Waals surface area contributed by atoms with Gasteiger partial charge in [0.05, 0.1) is 11.0 Å². The number of aromatic amines is 1. The highest BCUT2D eigenvalue weighted by Crippen LogP contribution is 2.21. The van der Waals surface area contributed by atoms with E-state index in [0.29, 0.717) is 28.4 Å². The first-order chi connectivity index (χ1) is 7.70. The number of hydrogen-bond acceptors (Lipinski definition) is 3. The van der Waals surface area contributed by atoms with Crippen molar-refractivity contribution in [3.05, 3.63) is 23.8 Å². The Morgan fingerprint density at radius 1 is 1.31 bits per heavy atom. The van der Waals surface area contributed by atoms with Gasteiger partial charge in [-0.15, -0.1) is 0 Å². The molecule has 0 spiro atoms. The van der Waals surface area contributed by atoms with Gasteiger partial charge in [0.15, 0.2) is 16.8 Å². The molecule has 1 heterocycles. The maximum absolute atomic E-state index is 12.9. The van der Waals surface area contributed by atoms with Crippen LogP contribution in [0.5, 0.6) is 0 Å². The van der Waals surface area contributed by atoms with E-state index >= 15 is 0 Å². The lowest BCUT2D eigenvalue weighted by Crippen LogP contribution is -1.85. The lowest BCUT2D eigenvalue weighted by atomic mass is 10.3. The van der Waals surface area contributed by atoms with E-state index in [9.17, 15) is 8.78 Å². The predicted molar refractivity (Wildman–Crippen MR) is 58.4 cm³/mol. The van der Waals surface area contributed by atoms with Crippen LogP contribution in [0.2, 0.25) is 0 Å². The summed E-state index contributed by atoms with van der Waals surface area (Å²) in [5.74, 6) is -1.07. The van der Waals surface area contributed by atoms with Gasteiger partial charge < -0.3 is 10.1 Å². The fourth-order valence-corrected chi connectivity index (χ4v) is 2.10. The molecule has 0 amide bonds. The number of rotatable bonds is 4. The quantitative estimate of drug-likeness (QED) is 0.641. The summed E-state index contributed by atoms with van der Waals surface area (Å²) >= 11 is 1.41. The number of nitrogens with zero attached hydrogens (tertiary/aromatic N) is 1. The van der Waals surface area contributed by atoms with Crippen LogP contribution in [0.25, 0.3) is 11.0 Å². The molecule has 0 bridgehead atoms. The van der Waals surface area contributed by atoms with Crippen molar-refractivity contribution in [2.45, 2.75) is 11.6 Å². The van der Waals surface area contributed by atoms with Crippen molar-refractivity contribution in [3.63, 3.8) is 0 Å². The molecule has 2 rings (SSSR count). The Morgan fingerprint density at radius 2 is 2.06 bits per heavy atom. The normalized spacial score (nSPS) is 11.2. The molecule has 0 saturated heterocycles. The molecule has 0 atom stereocenters. The topological polar surface area (TPSA) is 48.9 Å². The molecule has 1 aromatic heterocycles. The minimum Gasteiger partial charge on any atom is -0.396 e. The number of thioether (sulfide) groups is 1. The second kappa shape index (κ2) is 4.80. The van der Waals surface area contributed by atoms with Crippen molar-refractivity contribution in [2.75, 3.05) is 12.4 Å². The third-order valence-electron chi connectivity index (χ3n) is 2.04. The number of aliphatic hydroxyl groups is 1. The van der Waals surface area contributed by atoms with E-state index in [4.69, 9.17) is 5.11 Å². The molecular weight excluding hydrogens is 234 g/mol. The molecule has 0 fully saturated rings. The van der Waals surface area contributed by atoms with E-state index < -0.39 is 11.6 Å². The number of hydrogen-bond donors (Lipinski definition) is 2. The summed E-state index contributed by atoms with van der Waals surface area (Å²) in [7, 11) is 0. The summed E-state index contributed by atoms with van der Waals surface area (Å²) in [6, 6.07) is 2.16. The van der Waals surface area contributed by atoms with E-state index in [1.165, 1.54) is 11.8 Å². The van der Waals surface area contributed by atoms with E-state index in [1.807, 2.05) is 0 Å². The molecule has 0 saturated carbocycles. The Morgan fingerprint density at radius 3 is 2.81 bits per heavy atom. The average Bonchev–Trinajstić information content (AvgIpc) is 2.61. The van der Waals surface area contributed by atoms with Crippen LogP contribution >= 0.6 is 11.8 Å². The van der Waals surface area contributed by atoms with Crippen LogP contribution in [0.4, 0.5) is 8.78 Å². The Balaban J connectivity index is 2.23. The van der Waals surface area contributed by atoms with Crippen LogP contribution in [0.3, 0.4) is 0 Å². The van der Waals surface area contributed by atoms with Crippen molar-refractivity contribution in [3.8, 4) is 0 Å². The van der Waals surface area contributed by atoms with Gasteiger partial charge in [-0.2, -0.15) is 0 Å². The second-order valence-corrected chi connectivity index (χ2v) is 4.33. The smallest absolute Gasteiger partial charge is 0.166 e. The molecule has 0 aliphatic carbocycles. The highest BCUT2D eigenvalue weighted by molar-refractivity contribution is 7.99. The Hall–Kier alpha value is -1.14. The highest BCUT2D eigenvalue weighted by Gasteiger charge is 2.08. The third kappa shape index (κ3) is 2.33. The van der Waals surface area contributed by atoms with E-state index in [2.05, 4.69) is 9.97 Å². The number of nitrogens with one attached hydrogen (secondary N) is 1. The minimum absolute atomic E-state index is 0.122. The SMILES string of the molecule is OCCCSc1nc2cc(F)c(F)cc2[nH]1. The number of aromatic nitrogens is 2. The molecule has 0 radical (unpaired) electrons. The zero-order chi connectivity index (χ0) is 11.5. The second-order valence-electron chi connectivity index (χ2n) is 3.25. The summed E-state index contributed by atoms with van der Waals surface area (Å²) < 4.78 is 25.8. The molecule has 2 N–H and O–H groups in total. The highest BCUT2D eigenvalue weighted by atomic mass is 32.2. The fraction of sp³-hybridized carbons (Fsp3) is 0.300. The number of halogens is 2. The van der Waals surface area contributed by atoms with Gasteiger partial charge in [0.25, 0.3) is 0 Å². The van der Waals surface area contributed by atoms with Crippen molar-refractivity contribution >= 4 is 22.8 Å². The van der Waals surface area contributed by atoms with Crippen molar-refractivity contribution in [2.24, 2.45) is 0 Å². The molecule has 0 aliphatic heterocycles. The van der Waals surface area contributed by atoms with Crippen molar-refractivity contribution < 1.29 is 13.9 Å². The fourth-order valence-electron chi connectivity index (χ4n) is 1.28. The molecule has 86 valence electrons. The van der Waals surface area contributed by atoms with Crippen molar-refractivity contribution in [1.29, 1.82) is 0 Å². The van der Waals surface area contributed by atoms with Crippen LogP contribution in [-0.2, 0) is 0 Å². The van der Waals surface area contributed by atoms with E-state index in [1.54, 1.807) is 0 Å². The van der Waals surface area contributed by atoms with Crippen molar-refractivity contribution in [1.82, 2.24) is 9.97 Å². The number of benzene rings is 1. The van der Waals surface area contributed by atoms with E-state index in [0.717, 1.165) is 12.1 Å². The largest absolute Gasteiger partial charge is 0.396 e. The molecule has 2 aromatic rings. The van der Waals surface area contributed by atoms with Gasteiger partial charge in [0.1, 0.15) is 0 Å². The Kier molecular flexibility index (Phi) is 3.40. The third-order valence-corrected chi connectivity index (χ3v) is 3.00. The Labute approximate surface area is 94.9 Å². The minimum atomic E-state index is -0.897. The van der Waals surface area contributed by atoms with Crippen LogP contribution in [0.1, 0.15) is 6.42 Å². The summed E-state index contributed by atoms with van der Waals surface area (Å²) in [6.45, 7) is 0.122. The standard InChI is InChI=1S/C10H10F2N2OS/c11-6-4-8-9(5-7(6)12)14-10(13-8)16-3-1-2-15/h4-5,15H,1-3H2,(H,13,14). The zero-order valence-corrected chi connectivity index (χ0v) is 9.15. The maximum atomic E-state index is 12.9. The summed E-state index contributed by atoms with van der Waals surface area (Å²) in [5, 5.41) is 9.22. The number of imidazole rings is 1. The van der Waals surface area contributed by atoms with Crippen LogP contribution in [0, 0.1) is 11.6 Å². The average molecular weight is 244 g/mol. The van der Waals surface area contributed by atoms with Gasteiger partial charge in [-0.3, -0.25) is 0 Å². The van der Waals surface area contributed by atoms with Gasteiger partial charge in [-0.1, -0.05) is 11.8 Å². The first-order valence-corrected chi connectivity index (χ1v) is 5.77. The molecule has 6 heteroatoms. The molecule has 16 heavy (non-hydrogen) atoms. The molecule has 0 unspecified atom stereocenters. The van der Waals surface area contributed by atoms with Crippen LogP contribution < -0.4 is 0 Å². The summed E-state index contributed by atoms with van der Waals surface area (Å²) in [6.07, 6.45) is 0.657. The monoisotopic (exact) mass is 244 g/mol.